The van der Waals surface area contributed by atoms with Crippen molar-refractivity contribution in [2.45, 2.75) is 24.8 Å². The number of likely N-dealkylation sites (tertiary alicyclic amines) is 1. The number of benzene rings is 2. The highest BCUT2D eigenvalue weighted by atomic mass is 32.2. The van der Waals surface area contributed by atoms with Crippen molar-refractivity contribution in [1.29, 1.82) is 0 Å². The number of carbonyl (C=O) groups excluding carboxylic acids is 1. The van der Waals surface area contributed by atoms with Crippen molar-refractivity contribution in [3.8, 4) is 11.1 Å². The van der Waals surface area contributed by atoms with Crippen molar-refractivity contribution < 1.29 is 13.4 Å². The molecule has 2 aromatic rings. The molecule has 0 spiro atoms. The van der Waals surface area contributed by atoms with Gasteiger partial charge in [-0.05, 0) is 47.6 Å². The molecule has 1 aliphatic heterocycles. The van der Waals surface area contributed by atoms with E-state index in [9.17, 15) is 13.4 Å². The molecule has 1 N–H and O–H groups in total. The molecule has 4 nitrogen and oxygen atoms in total. The van der Waals surface area contributed by atoms with Crippen molar-refractivity contribution >= 4 is 16.9 Å². The SMILES string of the molecule is CS(=O)NC1CCN(C(=O)C2CC2c2ccccc2-c2ccc(F)cc2)C1. The number of halogens is 1. The number of amides is 1. The van der Waals surface area contributed by atoms with E-state index in [4.69, 9.17) is 0 Å². The molecule has 1 aliphatic carbocycles. The van der Waals surface area contributed by atoms with Crippen LogP contribution in [0.25, 0.3) is 11.1 Å². The van der Waals surface area contributed by atoms with Gasteiger partial charge in [-0.3, -0.25) is 4.79 Å². The predicted molar refractivity (Wildman–Crippen MR) is 105 cm³/mol. The normalized spacial score (nSPS) is 25.4. The lowest BCUT2D eigenvalue weighted by atomic mass is 9.96. The van der Waals surface area contributed by atoms with E-state index < -0.39 is 11.0 Å². The van der Waals surface area contributed by atoms with E-state index in [0.717, 1.165) is 36.1 Å². The number of carbonyl (C=O) groups is 1. The molecular formula is C21H23FN2O2S. The van der Waals surface area contributed by atoms with Crippen molar-refractivity contribution in [1.82, 2.24) is 9.62 Å². The summed E-state index contributed by atoms with van der Waals surface area (Å²) in [6.07, 6.45) is 3.31. The van der Waals surface area contributed by atoms with E-state index in [2.05, 4.69) is 10.8 Å². The van der Waals surface area contributed by atoms with E-state index in [1.807, 2.05) is 23.1 Å². The van der Waals surface area contributed by atoms with Crippen LogP contribution in [0.5, 0.6) is 0 Å². The Morgan fingerprint density at radius 3 is 2.67 bits per heavy atom. The summed E-state index contributed by atoms with van der Waals surface area (Å²) in [7, 11) is -1.06. The third kappa shape index (κ3) is 3.96. The molecule has 0 radical (unpaired) electrons. The second-order valence-corrected chi connectivity index (χ2v) is 8.53. The first-order valence-electron chi connectivity index (χ1n) is 9.26. The Morgan fingerprint density at radius 2 is 1.93 bits per heavy atom. The van der Waals surface area contributed by atoms with Gasteiger partial charge in [-0.25, -0.2) is 13.3 Å². The largest absolute Gasteiger partial charge is 0.341 e. The third-order valence-corrected chi connectivity index (χ3v) is 6.12. The molecule has 4 unspecified atom stereocenters. The first-order chi connectivity index (χ1) is 13.0. The Hall–Kier alpha value is -2.05. The van der Waals surface area contributed by atoms with Crippen LogP contribution in [0.4, 0.5) is 4.39 Å². The summed E-state index contributed by atoms with van der Waals surface area (Å²) in [5.74, 6) is 0.171. The van der Waals surface area contributed by atoms with Gasteiger partial charge in [0, 0.05) is 31.3 Å². The number of nitrogens with zero attached hydrogens (tertiary/aromatic N) is 1. The van der Waals surface area contributed by atoms with Crippen molar-refractivity contribution in [3.63, 3.8) is 0 Å². The summed E-state index contributed by atoms with van der Waals surface area (Å²) in [6.45, 7) is 1.35. The van der Waals surface area contributed by atoms with Crippen LogP contribution in [0.2, 0.25) is 0 Å². The molecule has 2 aromatic carbocycles. The summed E-state index contributed by atoms with van der Waals surface area (Å²) in [5.41, 5.74) is 3.20. The lowest BCUT2D eigenvalue weighted by molar-refractivity contribution is -0.131. The zero-order chi connectivity index (χ0) is 19.0. The number of rotatable bonds is 5. The average Bonchev–Trinajstić information content (AvgIpc) is 3.33. The summed E-state index contributed by atoms with van der Waals surface area (Å²) in [4.78, 5) is 14.8. The fraction of sp³-hybridized carbons (Fsp3) is 0.381. The molecule has 1 saturated carbocycles. The van der Waals surface area contributed by atoms with Gasteiger partial charge in [0.1, 0.15) is 5.82 Å². The van der Waals surface area contributed by atoms with Crippen LogP contribution < -0.4 is 4.72 Å². The molecule has 4 rings (SSSR count). The second kappa shape index (κ2) is 7.52. The van der Waals surface area contributed by atoms with Crippen LogP contribution in [0, 0.1) is 11.7 Å². The summed E-state index contributed by atoms with van der Waals surface area (Å²) in [5, 5.41) is 0. The lowest BCUT2D eigenvalue weighted by Gasteiger charge is -2.17. The minimum atomic E-state index is -1.06. The van der Waals surface area contributed by atoms with E-state index >= 15 is 0 Å². The van der Waals surface area contributed by atoms with Gasteiger partial charge in [-0.15, -0.1) is 0 Å². The predicted octanol–water partition coefficient (Wildman–Crippen LogP) is 3.08. The Bertz CT molecular complexity index is 871. The van der Waals surface area contributed by atoms with Gasteiger partial charge >= 0.3 is 0 Å². The lowest BCUT2D eigenvalue weighted by Crippen LogP contribution is -2.36. The van der Waals surface area contributed by atoms with Gasteiger partial charge in [-0.2, -0.15) is 0 Å². The molecule has 6 heteroatoms. The Kier molecular flexibility index (Phi) is 5.10. The van der Waals surface area contributed by atoms with Crippen LogP contribution in [-0.4, -0.2) is 40.4 Å². The van der Waals surface area contributed by atoms with Gasteiger partial charge < -0.3 is 4.90 Å². The minimum absolute atomic E-state index is 0.0115. The van der Waals surface area contributed by atoms with Crippen LogP contribution in [-0.2, 0) is 15.8 Å². The quantitative estimate of drug-likeness (QED) is 0.859. The molecule has 1 amide bonds. The van der Waals surface area contributed by atoms with Crippen LogP contribution in [0.1, 0.15) is 24.3 Å². The summed E-state index contributed by atoms with van der Waals surface area (Å²) < 4.78 is 27.6. The van der Waals surface area contributed by atoms with E-state index in [-0.39, 0.29) is 29.6 Å². The highest BCUT2D eigenvalue weighted by Gasteiger charge is 2.47. The van der Waals surface area contributed by atoms with Crippen LogP contribution in [0.3, 0.4) is 0 Å². The standard InChI is InChI=1S/C21H23FN2O2S/c1-27(26)23-16-10-11-24(13-16)21(25)20-12-19(20)18-5-3-2-4-17(18)14-6-8-15(22)9-7-14/h2-9,16,19-20,23H,10-13H2,1H3. The number of hydrogen-bond donors (Lipinski definition) is 1. The minimum Gasteiger partial charge on any atom is -0.341 e. The maximum atomic E-state index is 13.3. The molecule has 27 heavy (non-hydrogen) atoms. The molecule has 4 atom stereocenters. The molecule has 2 aliphatic rings. The highest BCUT2D eigenvalue weighted by molar-refractivity contribution is 7.82. The molecule has 142 valence electrons. The molecule has 2 fully saturated rings. The van der Waals surface area contributed by atoms with Crippen LogP contribution in [0.15, 0.2) is 48.5 Å². The van der Waals surface area contributed by atoms with E-state index in [1.54, 1.807) is 18.4 Å². The fourth-order valence-electron chi connectivity index (χ4n) is 4.05. The van der Waals surface area contributed by atoms with Gasteiger partial charge in [0.05, 0.1) is 11.0 Å². The maximum Gasteiger partial charge on any atom is 0.226 e. The monoisotopic (exact) mass is 386 g/mol. The molecule has 1 saturated heterocycles. The maximum absolute atomic E-state index is 13.3. The summed E-state index contributed by atoms with van der Waals surface area (Å²) in [6, 6.07) is 14.7. The Morgan fingerprint density at radius 1 is 1.19 bits per heavy atom. The number of nitrogens with one attached hydrogen (secondary N) is 1. The molecular weight excluding hydrogens is 363 g/mol. The van der Waals surface area contributed by atoms with Crippen LogP contribution >= 0.6 is 0 Å². The highest BCUT2D eigenvalue weighted by Crippen LogP contribution is 2.51. The van der Waals surface area contributed by atoms with Gasteiger partial charge in [0.2, 0.25) is 5.91 Å². The smallest absolute Gasteiger partial charge is 0.226 e. The van der Waals surface area contributed by atoms with Crippen molar-refractivity contribution in [2.24, 2.45) is 5.92 Å². The molecule has 1 heterocycles. The zero-order valence-electron chi connectivity index (χ0n) is 15.2. The second-order valence-electron chi connectivity index (χ2n) is 7.38. The zero-order valence-corrected chi connectivity index (χ0v) is 16.0. The Balaban J connectivity index is 1.47. The van der Waals surface area contributed by atoms with Gasteiger partial charge in [0.25, 0.3) is 0 Å². The van der Waals surface area contributed by atoms with E-state index in [1.165, 1.54) is 12.1 Å². The molecule has 0 aromatic heterocycles. The first-order valence-corrected chi connectivity index (χ1v) is 10.8. The average molecular weight is 386 g/mol. The number of hydrogen-bond acceptors (Lipinski definition) is 2. The first kappa shape index (κ1) is 18.3. The Labute approximate surface area is 161 Å². The third-order valence-electron chi connectivity index (χ3n) is 5.46. The van der Waals surface area contributed by atoms with E-state index in [0.29, 0.717) is 6.54 Å². The summed E-state index contributed by atoms with van der Waals surface area (Å²) >= 11 is 0. The fourth-order valence-corrected chi connectivity index (χ4v) is 4.71. The topological polar surface area (TPSA) is 49.4 Å². The van der Waals surface area contributed by atoms with Crippen molar-refractivity contribution in [2.75, 3.05) is 19.3 Å². The van der Waals surface area contributed by atoms with Crippen molar-refractivity contribution in [3.05, 3.63) is 59.9 Å². The van der Waals surface area contributed by atoms with Gasteiger partial charge in [-0.1, -0.05) is 36.4 Å². The molecule has 0 bridgehead atoms. The van der Waals surface area contributed by atoms with Gasteiger partial charge in [0.15, 0.2) is 0 Å².